The normalized spacial score (nSPS) is 9.89. The van der Waals surface area contributed by atoms with Crippen molar-refractivity contribution in [2.24, 2.45) is 0 Å². The molecular formula is C4H14N2O10S2. The van der Waals surface area contributed by atoms with Gasteiger partial charge in [-0.25, -0.2) is 0 Å². The van der Waals surface area contributed by atoms with Gasteiger partial charge < -0.3 is 17.4 Å². The quantitative estimate of drug-likeness (QED) is 0.187. The van der Waals surface area contributed by atoms with Crippen molar-refractivity contribution in [2.45, 2.75) is 6.42 Å². The minimum atomic E-state index is -5.02. The highest BCUT2D eigenvalue weighted by Crippen LogP contribution is 1.92. The Balaban J connectivity index is -0.000000108. The van der Waals surface area contributed by atoms with Gasteiger partial charge in [0.25, 0.3) is 0 Å². The van der Waals surface area contributed by atoms with E-state index in [1.54, 1.807) is 0 Å². The first kappa shape index (κ1) is 25.7. The first-order valence-corrected chi connectivity index (χ1v) is 5.86. The van der Waals surface area contributed by atoms with Crippen LogP contribution >= 0.6 is 0 Å². The Morgan fingerprint density at radius 1 is 1.06 bits per heavy atom. The Bertz CT molecular complexity index is 393. The first-order chi connectivity index (χ1) is 6.98. The fraction of sp³-hybridized carbons (Fsp3) is 0.250. The van der Waals surface area contributed by atoms with Gasteiger partial charge in [-0.2, -0.15) is 16.8 Å². The van der Waals surface area contributed by atoms with Crippen molar-refractivity contribution in [1.29, 1.82) is 0 Å². The number of hydrogen-bond acceptors (Lipinski definition) is 9. The van der Waals surface area contributed by atoms with E-state index in [0.717, 1.165) is 0 Å². The average Bonchev–Trinajstić information content (AvgIpc) is 1.99. The molecule has 0 aliphatic carbocycles. The van der Waals surface area contributed by atoms with E-state index in [0.29, 0.717) is 0 Å². The summed E-state index contributed by atoms with van der Waals surface area (Å²) in [4.78, 5) is 9.53. The van der Waals surface area contributed by atoms with Gasteiger partial charge >= 0.3 is 26.8 Å². The third kappa shape index (κ3) is 36.4. The molecule has 0 aromatic carbocycles. The van der Waals surface area contributed by atoms with Crippen LogP contribution in [0.4, 0.5) is 0 Å². The standard InChI is InChI=1S/C4H6O2.2H3N.H2O8S2/c1-2-3-4(5)6;;;1-9(2,3)7-8-10(4,5)6/h2H,1,3H2,(H,5,6);2*1H3;(H,1,2,3)(H,4,5,6). The molecule has 0 atom stereocenters. The van der Waals surface area contributed by atoms with E-state index in [4.69, 9.17) is 14.2 Å². The van der Waals surface area contributed by atoms with Crippen LogP contribution in [-0.4, -0.2) is 37.0 Å². The molecule has 0 saturated heterocycles. The smallest absolute Gasteiger partial charge is 0.425 e. The minimum Gasteiger partial charge on any atom is -0.481 e. The maximum Gasteiger partial charge on any atom is 0.425 e. The van der Waals surface area contributed by atoms with Gasteiger partial charge in [-0.15, -0.1) is 6.58 Å². The third-order valence-electron chi connectivity index (χ3n) is 0.519. The van der Waals surface area contributed by atoms with Gasteiger partial charge in [0, 0.05) is 0 Å². The fourth-order valence-corrected chi connectivity index (χ4v) is 0.755. The predicted molar refractivity (Wildman–Crippen MR) is 57.8 cm³/mol. The van der Waals surface area contributed by atoms with Crippen molar-refractivity contribution in [3.8, 4) is 0 Å². The van der Waals surface area contributed by atoms with E-state index >= 15 is 0 Å². The minimum absolute atomic E-state index is 0. The molecule has 9 N–H and O–H groups in total. The molecule has 0 aromatic heterocycles. The highest BCUT2D eigenvalue weighted by molar-refractivity contribution is 7.83. The van der Waals surface area contributed by atoms with Gasteiger partial charge in [0.1, 0.15) is 0 Å². The van der Waals surface area contributed by atoms with Gasteiger partial charge in [-0.05, 0) is 0 Å². The molecule has 12 nitrogen and oxygen atoms in total. The lowest BCUT2D eigenvalue weighted by Crippen LogP contribution is -2.10. The zero-order valence-corrected chi connectivity index (χ0v) is 10.6. The van der Waals surface area contributed by atoms with E-state index in [9.17, 15) is 21.6 Å². The highest BCUT2D eigenvalue weighted by Gasteiger charge is 2.13. The highest BCUT2D eigenvalue weighted by atomic mass is 32.3. The molecule has 112 valence electrons. The van der Waals surface area contributed by atoms with Crippen molar-refractivity contribution >= 4 is 26.8 Å². The van der Waals surface area contributed by atoms with Crippen LogP contribution < -0.4 is 12.3 Å². The van der Waals surface area contributed by atoms with E-state index in [2.05, 4.69) is 15.2 Å². The summed E-state index contributed by atoms with van der Waals surface area (Å²) in [5, 5.41) is 7.84. The summed E-state index contributed by atoms with van der Waals surface area (Å²) in [5.41, 5.74) is 0. The van der Waals surface area contributed by atoms with E-state index in [1.165, 1.54) is 6.08 Å². The number of rotatable bonds is 5. The van der Waals surface area contributed by atoms with Crippen LogP contribution in [0.1, 0.15) is 6.42 Å². The Labute approximate surface area is 103 Å². The second-order valence-electron chi connectivity index (χ2n) is 1.88. The Kier molecular flexibility index (Phi) is 15.7. The van der Waals surface area contributed by atoms with Crippen LogP contribution in [0.3, 0.4) is 0 Å². The molecule has 0 saturated carbocycles. The van der Waals surface area contributed by atoms with Crippen LogP contribution in [0.5, 0.6) is 0 Å². The molecule has 0 aromatic rings. The van der Waals surface area contributed by atoms with E-state index in [-0.39, 0.29) is 18.7 Å². The average molecular weight is 314 g/mol. The maximum atomic E-state index is 9.53. The lowest BCUT2D eigenvalue weighted by Gasteiger charge is -1.92. The monoisotopic (exact) mass is 314 g/mol. The largest absolute Gasteiger partial charge is 0.481 e. The van der Waals surface area contributed by atoms with Crippen molar-refractivity contribution < 1.29 is 44.5 Å². The summed E-state index contributed by atoms with van der Waals surface area (Å²) in [6, 6.07) is 0. The summed E-state index contributed by atoms with van der Waals surface area (Å²) in [6.07, 6.45) is 1.41. The molecule has 0 aliphatic rings. The van der Waals surface area contributed by atoms with Crippen LogP contribution in [0.2, 0.25) is 0 Å². The molecule has 18 heavy (non-hydrogen) atoms. The number of hydrogen-bond donors (Lipinski definition) is 5. The zero-order valence-electron chi connectivity index (χ0n) is 8.92. The van der Waals surface area contributed by atoms with Crippen LogP contribution in [0.25, 0.3) is 0 Å². The van der Waals surface area contributed by atoms with E-state index in [1.807, 2.05) is 0 Å². The fourth-order valence-electron chi connectivity index (χ4n) is 0.194. The molecule has 0 unspecified atom stereocenters. The molecule has 0 fully saturated rings. The number of carboxylic acids is 1. The second kappa shape index (κ2) is 11.0. The maximum absolute atomic E-state index is 9.53. The summed E-state index contributed by atoms with van der Waals surface area (Å²) in [6.45, 7) is 3.22. The predicted octanol–water partition coefficient (Wildman–Crippen LogP) is -0.489. The Morgan fingerprint density at radius 3 is 1.39 bits per heavy atom. The Morgan fingerprint density at radius 2 is 1.33 bits per heavy atom. The molecular weight excluding hydrogens is 300 g/mol. The lowest BCUT2D eigenvalue weighted by atomic mass is 10.4. The number of aliphatic carboxylic acids is 1. The summed E-state index contributed by atoms with van der Waals surface area (Å²) < 4.78 is 58.9. The molecule has 14 heteroatoms. The molecule has 0 heterocycles. The van der Waals surface area contributed by atoms with Gasteiger partial charge in [-0.1, -0.05) is 14.7 Å². The van der Waals surface area contributed by atoms with Crippen LogP contribution in [0.15, 0.2) is 12.7 Å². The van der Waals surface area contributed by atoms with Crippen LogP contribution in [-0.2, 0) is 34.3 Å². The molecule has 0 aliphatic heterocycles. The van der Waals surface area contributed by atoms with Crippen molar-refractivity contribution in [2.75, 3.05) is 0 Å². The van der Waals surface area contributed by atoms with Gasteiger partial charge in [-0.3, -0.25) is 13.9 Å². The summed E-state index contributed by atoms with van der Waals surface area (Å²) in [5.74, 6) is -0.829. The van der Waals surface area contributed by atoms with Crippen LogP contribution in [0, 0.1) is 0 Å². The summed E-state index contributed by atoms with van der Waals surface area (Å²) >= 11 is 0. The Hall–Kier alpha value is -1.13. The van der Waals surface area contributed by atoms with Crippen molar-refractivity contribution in [1.82, 2.24) is 12.3 Å². The topological polar surface area (TPSA) is 234 Å². The number of carboxylic acid groups (broad SMARTS) is 1. The van der Waals surface area contributed by atoms with Gasteiger partial charge in [0.15, 0.2) is 0 Å². The molecule has 0 rings (SSSR count). The molecule has 0 bridgehead atoms. The van der Waals surface area contributed by atoms with Crippen molar-refractivity contribution in [3.05, 3.63) is 12.7 Å². The van der Waals surface area contributed by atoms with Gasteiger partial charge in [0.05, 0.1) is 6.42 Å². The molecule has 0 spiro atoms. The number of carbonyl (C=O) groups is 1. The lowest BCUT2D eigenvalue weighted by molar-refractivity contribution is -0.136. The zero-order chi connectivity index (χ0) is 13.4. The summed E-state index contributed by atoms with van der Waals surface area (Å²) in [7, 11) is -10.0. The van der Waals surface area contributed by atoms with Gasteiger partial charge in [0.2, 0.25) is 0 Å². The van der Waals surface area contributed by atoms with E-state index < -0.39 is 26.8 Å². The second-order valence-corrected chi connectivity index (χ2v) is 3.86. The molecule has 0 radical (unpaired) electrons. The SMILES string of the molecule is C=CCC(=O)O.N.N.O=S(=O)(O)OOS(=O)(=O)O. The molecule has 0 amide bonds. The van der Waals surface area contributed by atoms with Crippen molar-refractivity contribution in [3.63, 3.8) is 0 Å². The first-order valence-electron chi connectivity index (χ1n) is 3.13. The third-order valence-corrected chi connectivity index (χ3v) is 1.08.